The molecule has 3 heteroatoms. The highest BCUT2D eigenvalue weighted by molar-refractivity contribution is 9.10. The summed E-state index contributed by atoms with van der Waals surface area (Å²) in [6, 6.07) is 16.8. The first-order valence-electron chi connectivity index (χ1n) is 6.40. The number of ether oxygens (including phenoxy) is 1. The Labute approximate surface area is 122 Å². The van der Waals surface area contributed by atoms with Crippen LogP contribution in [-0.4, -0.2) is 13.7 Å². The van der Waals surface area contributed by atoms with Gasteiger partial charge in [0.2, 0.25) is 0 Å². The lowest BCUT2D eigenvalue weighted by atomic mass is 9.99. The van der Waals surface area contributed by atoms with Crippen LogP contribution >= 0.6 is 15.9 Å². The Hall–Kier alpha value is -1.32. The van der Waals surface area contributed by atoms with Gasteiger partial charge in [0, 0.05) is 0 Å². The summed E-state index contributed by atoms with van der Waals surface area (Å²) in [6.45, 7) is 2.66. The third kappa shape index (κ3) is 3.37. The van der Waals surface area contributed by atoms with Crippen molar-refractivity contribution in [2.75, 3.05) is 13.7 Å². The lowest BCUT2D eigenvalue weighted by molar-refractivity contribution is 0.338. The fraction of sp³-hybridized carbons (Fsp3) is 0.250. The SMILES string of the molecule is CCOc1ccc(C(NC)c2ccccc2)cc1Br. The molecule has 2 aromatic rings. The highest BCUT2D eigenvalue weighted by Crippen LogP contribution is 2.30. The Bertz CT molecular complexity index is 528. The Morgan fingerprint density at radius 1 is 1.11 bits per heavy atom. The van der Waals surface area contributed by atoms with Gasteiger partial charge in [0.05, 0.1) is 17.1 Å². The van der Waals surface area contributed by atoms with Gasteiger partial charge in [0.25, 0.3) is 0 Å². The minimum atomic E-state index is 0.188. The molecule has 0 aromatic heterocycles. The third-order valence-electron chi connectivity index (χ3n) is 3.01. The standard InChI is InChI=1S/C16H18BrNO/c1-3-19-15-10-9-13(11-14(15)17)16(18-2)12-7-5-4-6-8-12/h4-11,16,18H,3H2,1-2H3. The predicted molar refractivity (Wildman–Crippen MR) is 82.7 cm³/mol. The fourth-order valence-corrected chi connectivity index (χ4v) is 2.65. The molecule has 0 bridgehead atoms. The van der Waals surface area contributed by atoms with E-state index in [4.69, 9.17) is 4.74 Å². The number of benzene rings is 2. The molecule has 0 amide bonds. The smallest absolute Gasteiger partial charge is 0.133 e. The predicted octanol–water partition coefficient (Wildman–Crippen LogP) is 4.16. The maximum atomic E-state index is 5.54. The first-order valence-corrected chi connectivity index (χ1v) is 7.20. The number of hydrogen-bond acceptors (Lipinski definition) is 2. The van der Waals surface area contributed by atoms with Gasteiger partial charge in [-0.3, -0.25) is 0 Å². The van der Waals surface area contributed by atoms with E-state index in [-0.39, 0.29) is 6.04 Å². The normalized spacial score (nSPS) is 12.2. The van der Waals surface area contributed by atoms with Crippen LogP contribution in [0.2, 0.25) is 0 Å². The summed E-state index contributed by atoms with van der Waals surface area (Å²) in [5, 5.41) is 3.35. The third-order valence-corrected chi connectivity index (χ3v) is 3.63. The van der Waals surface area contributed by atoms with E-state index >= 15 is 0 Å². The first-order chi connectivity index (χ1) is 9.26. The van der Waals surface area contributed by atoms with E-state index in [1.807, 2.05) is 26.1 Å². The van der Waals surface area contributed by atoms with Crippen LogP contribution in [0.25, 0.3) is 0 Å². The Balaban J connectivity index is 2.32. The zero-order valence-corrected chi connectivity index (χ0v) is 12.8. The van der Waals surface area contributed by atoms with Crippen molar-refractivity contribution >= 4 is 15.9 Å². The van der Waals surface area contributed by atoms with Crippen molar-refractivity contribution in [3.8, 4) is 5.75 Å². The molecule has 0 heterocycles. The van der Waals surface area contributed by atoms with Gasteiger partial charge in [-0.15, -0.1) is 0 Å². The van der Waals surface area contributed by atoms with Gasteiger partial charge in [-0.1, -0.05) is 36.4 Å². The summed E-state index contributed by atoms with van der Waals surface area (Å²) < 4.78 is 6.53. The second-order valence-electron chi connectivity index (χ2n) is 4.26. The van der Waals surface area contributed by atoms with Gasteiger partial charge in [-0.25, -0.2) is 0 Å². The number of nitrogens with one attached hydrogen (secondary N) is 1. The van der Waals surface area contributed by atoms with Crippen LogP contribution in [-0.2, 0) is 0 Å². The van der Waals surface area contributed by atoms with Crippen LogP contribution in [0.1, 0.15) is 24.1 Å². The van der Waals surface area contributed by atoms with Gasteiger partial charge in [0.15, 0.2) is 0 Å². The number of halogens is 1. The van der Waals surface area contributed by atoms with Gasteiger partial charge >= 0.3 is 0 Å². The molecule has 0 fully saturated rings. The molecule has 0 aliphatic heterocycles. The Morgan fingerprint density at radius 2 is 1.84 bits per heavy atom. The molecule has 0 saturated heterocycles. The van der Waals surface area contributed by atoms with Crippen molar-refractivity contribution in [3.63, 3.8) is 0 Å². The van der Waals surface area contributed by atoms with E-state index in [1.165, 1.54) is 11.1 Å². The zero-order valence-electron chi connectivity index (χ0n) is 11.2. The minimum absolute atomic E-state index is 0.188. The van der Waals surface area contributed by atoms with Crippen LogP contribution < -0.4 is 10.1 Å². The molecule has 2 aromatic carbocycles. The van der Waals surface area contributed by atoms with Crippen molar-refractivity contribution in [1.82, 2.24) is 5.32 Å². The summed E-state index contributed by atoms with van der Waals surface area (Å²) in [6.07, 6.45) is 0. The Morgan fingerprint density at radius 3 is 2.42 bits per heavy atom. The number of hydrogen-bond donors (Lipinski definition) is 1. The quantitative estimate of drug-likeness (QED) is 0.893. The summed E-state index contributed by atoms with van der Waals surface area (Å²) in [7, 11) is 1.97. The molecule has 0 radical (unpaired) electrons. The molecule has 2 rings (SSSR count). The zero-order chi connectivity index (χ0) is 13.7. The molecule has 19 heavy (non-hydrogen) atoms. The fourth-order valence-electron chi connectivity index (χ4n) is 2.14. The molecule has 100 valence electrons. The van der Waals surface area contributed by atoms with Crippen molar-refractivity contribution in [1.29, 1.82) is 0 Å². The number of rotatable bonds is 5. The van der Waals surface area contributed by atoms with Crippen molar-refractivity contribution < 1.29 is 4.74 Å². The van der Waals surface area contributed by atoms with Crippen LogP contribution in [0.4, 0.5) is 0 Å². The molecule has 0 aliphatic rings. The molecule has 0 saturated carbocycles. The molecule has 1 atom stereocenters. The van der Waals surface area contributed by atoms with Gasteiger partial charge in [-0.05, 0) is 53.2 Å². The monoisotopic (exact) mass is 319 g/mol. The second-order valence-corrected chi connectivity index (χ2v) is 5.11. The maximum Gasteiger partial charge on any atom is 0.133 e. The van der Waals surface area contributed by atoms with Gasteiger partial charge < -0.3 is 10.1 Å². The van der Waals surface area contributed by atoms with Crippen LogP contribution in [0.15, 0.2) is 53.0 Å². The average molecular weight is 320 g/mol. The largest absolute Gasteiger partial charge is 0.493 e. The molecular weight excluding hydrogens is 302 g/mol. The second kappa shape index (κ2) is 6.73. The summed E-state index contributed by atoms with van der Waals surface area (Å²) >= 11 is 3.57. The lowest BCUT2D eigenvalue weighted by Crippen LogP contribution is -2.17. The van der Waals surface area contributed by atoms with Crippen LogP contribution in [0, 0.1) is 0 Å². The topological polar surface area (TPSA) is 21.3 Å². The molecule has 0 aliphatic carbocycles. The average Bonchev–Trinajstić information content (AvgIpc) is 2.44. The van der Waals surface area contributed by atoms with Crippen molar-refractivity contribution in [2.45, 2.75) is 13.0 Å². The van der Waals surface area contributed by atoms with Gasteiger partial charge in [0.1, 0.15) is 5.75 Å². The lowest BCUT2D eigenvalue weighted by Gasteiger charge is -2.18. The van der Waals surface area contributed by atoms with E-state index in [0.717, 1.165) is 10.2 Å². The van der Waals surface area contributed by atoms with E-state index in [0.29, 0.717) is 6.61 Å². The summed E-state index contributed by atoms with van der Waals surface area (Å²) in [5.41, 5.74) is 2.46. The van der Waals surface area contributed by atoms with E-state index in [2.05, 4.69) is 57.6 Å². The summed E-state index contributed by atoms with van der Waals surface area (Å²) in [5.74, 6) is 0.883. The van der Waals surface area contributed by atoms with Gasteiger partial charge in [-0.2, -0.15) is 0 Å². The summed E-state index contributed by atoms with van der Waals surface area (Å²) in [4.78, 5) is 0. The highest BCUT2D eigenvalue weighted by Gasteiger charge is 2.13. The molecule has 1 unspecified atom stereocenters. The maximum absolute atomic E-state index is 5.54. The molecule has 2 nitrogen and oxygen atoms in total. The molecular formula is C16H18BrNO. The van der Waals surface area contributed by atoms with Crippen LogP contribution in [0.5, 0.6) is 5.75 Å². The van der Waals surface area contributed by atoms with E-state index < -0.39 is 0 Å². The first kappa shape index (κ1) is 14.1. The van der Waals surface area contributed by atoms with Crippen molar-refractivity contribution in [2.24, 2.45) is 0 Å². The molecule has 0 spiro atoms. The van der Waals surface area contributed by atoms with Crippen molar-refractivity contribution in [3.05, 3.63) is 64.1 Å². The van der Waals surface area contributed by atoms with E-state index in [1.54, 1.807) is 0 Å². The van der Waals surface area contributed by atoms with Crippen LogP contribution in [0.3, 0.4) is 0 Å². The minimum Gasteiger partial charge on any atom is -0.493 e. The Kier molecular flexibility index (Phi) is 5.00. The van der Waals surface area contributed by atoms with E-state index in [9.17, 15) is 0 Å². The highest BCUT2D eigenvalue weighted by atomic mass is 79.9. The molecule has 1 N–H and O–H groups in total.